The van der Waals surface area contributed by atoms with Gasteiger partial charge in [-0.05, 0) is 68.2 Å². The maximum absolute atomic E-state index is 13.5. The topological polar surface area (TPSA) is 98.7 Å². The Labute approximate surface area is 218 Å². The van der Waals surface area contributed by atoms with E-state index < -0.39 is 5.97 Å². The van der Waals surface area contributed by atoms with Crippen LogP contribution in [0.25, 0.3) is 0 Å². The van der Waals surface area contributed by atoms with Crippen molar-refractivity contribution < 1.29 is 19.5 Å². The van der Waals surface area contributed by atoms with Gasteiger partial charge in [-0.25, -0.2) is 4.79 Å². The third kappa shape index (κ3) is 7.21. The Bertz CT molecular complexity index is 1110. The van der Waals surface area contributed by atoms with Gasteiger partial charge in [0.2, 0.25) is 0 Å². The molecule has 0 heterocycles. The highest BCUT2D eigenvalue weighted by atomic mass is 16.4. The molecule has 0 aromatic heterocycles. The van der Waals surface area contributed by atoms with Gasteiger partial charge < -0.3 is 20.6 Å². The fourth-order valence-electron chi connectivity index (χ4n) is 5.25. The van der Waals surface area contributed by atoms with Crippen molar-refractivity contribution in [2.24, 2.45) is 5.92 Å². The second-order valence-corrected chi connectivity index (χ2v) is 10.4. The summed E-state index contributed by atoms with van der Waals surface area (Å²) >= 11 is 0. The van der Waals surface area contributed by atoms with E-state index in [1.807, 2.05) is 35.2 Å². The van der Waals surface area contributed by atoms with Crippen molar-refractivity contribution in [3.63, 3.8) is 0 Å². The number of carbonyl (C=O) groups is 3. The quantitative estimate of drug-likeness (QED) is 0.393. The van der Waals surface area contributed by atoms with E-state index in [1.54, 1.807) is 12.1 Å². The van der Waals surface area contributed by atoms with E-state index in [9.17, 15) is 14.4 Å². The minimum absolute atomic E-state index is 0.0299. The zero-order valence-corrected chi connectivity index (χ0v) is 21.5. The number of aliphatic carboxylic acids is 1. The number of nitrogens with zero attached hydrogens (tertiary/aromatic N) is 1. The normalized spacial score (nSPS) is 22.5. The number of amides is 3. The molecule has 0 spiro atoms. The fraction of sp³-hybridized carbons (Fsp3) is 0.433. The molecule has 7 heteroatoms. The number of carbonyl (C=O) groups excluding carboxylic acids is 2. The van der Waals surface area contributed by atoms with Gasteiger partial charge in [0.05, 0.1) is 6.42 Å². The van der Waals surface area contributed by atoms with Gasteiger partial charge in [-0.3, -0.25) is 9.59 Å². The number of allylic oxidation sites excluding steroid dienone is 1. The Kier molecular flexibility index (Phi) is 8.64. The van der Waals surface area contributed by atoms with Crippen molar-refractivity contribution in [2.45, 2.75) is 70.0 Å². The largest absolute Gasteiger partial charge is 0.481 e. The number of hydrogen-bond acceptors (Lipinski definition) is 3. The number of hydrogen-bond donors (Lipinski definition) is 3. The molecule has 0 radical (unpaired) electrons. The summed E-state index contributed by atoms with van der Waals surface area (Å²) in [6.07, 6.45) is 4.81. The summed E-state index contributed by atoms with van der Waals surface area (Å²) in [6, 6.07) is 17.8. The van der Waals surface area contributed by atoms with Gasteiger partial charge in [0.1, 0.15) is 0 Å². The van der Waals surface area contributed by atoms with Crippen molar-refractivity contribution >= 4 is 17.9 Å². The minimum atomic E-state index is -0.951. The highest BCUT2D eigenvalue weighted by Gasteiger charge is 2.41. The Morgan fingerprint density at radius 3 is 2.30 bits per heavy atom. The van der Waals surface area contributed by atoms with Crippen LogP contribution in [0.4, 0.5) is 4.79 Å². The van der Waals surface area contributed by atoms with Crippen molar-refractivity contribution in [2.75, 3.05) is 6.54 Å². The molecule has 37 heavy (non-hydrogen) atoms. The van der Waals surface area contributed by atoms with Crippen LogP contribution in [0.5, 0.6) is 0 Å². The van der Waals surface area contributed by atoms with E-state index in [-0.39, 0.29) is 37.0 Å². The van der Waals surface area contributed by atoms with Crippen LogP contribution in [0.3, 0.4) is 0 Å². The maximum atomic E-state index is 13.5. The zero-order chi connectivity index (χ0) is 26.4. The number of rotatable bonds is 10. The number of carboxylic acid groups (broad SMARTS) is 1. The molecule has 2 aromatic rings. The molecule has 4 rings (SSSR count). The molecular weight excluding hydrogens is 466 g/mol. The SMILES string of the molecule is C=C(C)C1CCC(N(Cc2ccc(C(=O)NCCC(=O)O)cc2)C(=O)NC2CC2c2ccccc2)CC1. The highest BCUT2D eigenvalue weighted by molar-refractivity contribution is 5.94. The van der Waals surface area contributed by atoms with Gasteiger partial charge in [0.25, 0.3) is 5.91 Å². The van der Waals surface area contributed by atoms with E-state index in [0.717, 1.165) is 37.7 Å². The van der Waals surface area contributed by atoms with Gasteiger partial charge in [0, 0.05) is 36.7 Å². The Balaban J connectivity index is 1.41. The van der Waals surface area contributed by atoms with E-state index in [2.05, 4.69) is 36.3 Å². The molecular formula is C30H37N3O4. The van der Waals surface area contributed by atoms with Crippen LogP contribution in [-0.2, 0) is 11.3 Å². The minimum Gasteiger partial charge on any atom is -0.481 e. The molecule has 196 valence electrons. The first-order chi connectivity index (χ1) is 17.8. The van der Waals surface area contributed by atoms with Crippen molar-refractivity contribution in [1.82, 2.24) is 15.5 Å². The molecule has 2 atom stereocenters. The average molecular weight is 504 g/mol. The van der Waals surface area contributed by atoms with Crippen LogP contribution in [-0.4, -0.2) is 46.5 Å². The smallest absolute Gasteiger partial charge is 0.318 e. The molecule has 3 N–H and O–H groups in total. The first-order valence-corrected chi connectivity index (χ1v) is 13.2. The Morgan fingerprint density at radius 1 is 1.00 bits per heavy atom. The van der Waals surface area contributed by atoms with Crippen molar-refractivity contribution in [1.29, 1.82) is 0 Å². The Morgan fingerprint density at radius 2 is 1.68 bits per heavy atom. The standard InChI is InChI=1S/C30H37N3O4/c1-20(2)22-12-14-25(15-13-22)33(30(37)32-27-18-26(27)23-6-4-3-5-7-23)19-21-8-10-24(11-9-21)29(36)31-17-16-28(34)35/h3-11,22,25-27H,1,12-19H2,2H3,(H,31,36)(H,32,37)(H,34,35). The summed E-state index contributed by atoms with van der Waals surface area (Å²) < 4.78 is 0. The highest BCUT2D eigenvalue weighted by Crippen LogP contribution is 2.41. The summed E-state index contributed by atoms with van der Waals surface area (Å²) in [5.74, 6) is -0.371. The molecule has 3 amide bonds. The van der Waals surface area contributed by atoms with Crippen LogP contribution in [0.1, 0.15) is 72.9 Å². The van der Waals surface area contributed by atoms with Crippen LogP contribution in [0.15, 0.2) is 66.7 Å². The maximum Gasteiger partial charge on any atom is 0.318 e. The molecule has 0 saturated heterocycles. The van der Waals surface area contributed by atoms with E-state index in [4.69, 9.17) is 5.11 Å². The number of nitrogens with one attached hydrogen (secondary N) is 2. The van der Waals surface area contributed by atoms with Gasteiger partial charge >= 0.3 is 12.0 Å². The van der Waals surface area contributed by atoms with Crippen LogP contribution < -0.4 is 10.6 Å². The third-order valence-electron chi connectivity index (χ3n) is 7.62. The van der Waals surface area contributed by atoms with E-state index in [0.29, 0.717) is 23.9 Å². The molecule has 0 aliphatic heterocycles. The summed E-state index contributed by atoms with van der Waals surface area (Å²) in [6.45, 7) is 6.78. The van der Waals surface area contributed by atoms with Gasteiger partial charge in [0.15, 0.2) is 0 Å². The lowest BCUT2D eigenvalue weighted by Gasteiger charge is -2.37. The molecule has 7 nitrogen and oxygen atoms in total. The van der Waals surface area contributed by atoms with Crippen LogP contribution in [0.2, 0.25) is 0 Å². The van der Waals surface area contributed by atoms with Crippen LogP contribution in [0, 0.1) is 5.92 Å². The summed E-state index contributed by atoms with van der Waals surface area (Å²) in [7, 11) is 0. The predicted molar refractivity (Wildman–Crippen MR) is 143 cm³/mol. The van der Waals surface area contributed by atoms with Crippen LogP contribution >= 0.6 is 0 Å². The summed E-state index contributed by atoms with van der Waals surface area (Å²) in [4.78, 5) is 38.5. The van der Waals surface area contributed by atoms with Gasteiger partial charge in [-0.2, -0.15) is 0 Å². The summed E-state index contributed by atoms with van der Waals surface area (Å²) in [5.41, 5.74) is 3.90. The third-order valence-corrected chi connectivity index (χ3v) is 7.62. The molecule has 2 aromatic carbocycles. The lowest BCUT2D eigenvalue weighted by atomic mass is 9.82. The van der Waals surface area contributed by atoms with E-state index in [1.165, 1.54) is 11.1 Å². The van der Waals surface area contributed by atoms with Gasteiger partial charge in [-0.15, -0.1) is 0 Å². The van der Waals surface area contributed by atoms with Crippen molar-refractivity contribution in [3.05, 3.63) is 83.4 Å². The Hall–Kier alpha value is -3.61. The molecule has 0 bridgehead atoms. The molecule has 2 unspecified atom stereocenters. The lowest BCUT2D eigenvalue weighted by Crippen LogP contribution is -2.47. The average Bonchev–Trinajstić information content (AvgIpc) is 3.67. The molecule has 2 aliphatic carbocycles. The first-order valence-electron chi connectivity index (χ1n) is 13.2. The number of urea groups is 1. The number of carboxylic acids is 1. The predicted octanol–water partition coefficient (Wildman–Crippen LogP) is 5.09. The molecule has 2 saturated carbocycles. The lowest BCUT2D eigenvalue weighted by molar-refractivity contribution is -0.136. The second-order valence-electron chi connectivity index (χ2n) is 10.4. The molecule has 2 fully saturated rings. The summed E-state index contributed by atoms with van der Waals surface area (Å²) in [5, 5.41) is 14.6. The monoisotopic (exact) mass is 503 g/mol. The van der Waals surface area contributed by atoms with Crippen molar-refractivity contribution in [3.8, 4) is 0 Å². The van der Waals surface area contributed by atoms with Gasteiger partial charge in [-0.1, -0.05) is 54.6 Å². The number of benzene rings is 2. The second kappa shape index (κ2) is 12.1. The first kappa shape index (κ1) is 26.5. The fourth-order valence-corrected chi connectivity index (χ4v) is 5.25. The zero-order valence-electron chi connectivity index (χ0n) is 21.5. The van der Waals surface area contributed by atoms with E-state index >= 15 is 0 Å². The molecule has 2 aliphatic rings.